The summed E-state index contributed by atoms with van der Waals surface area (Å²) in [6.45, 7) is 6.89. The lowest BCUT2D eigenvalue weighted by molar-refractivity contribution is 0.0737. The molecule has 0 spiro atoms. The number of hydrogen-bond acceptors (Lipinski definition) is 4. The molecule has 0 unspecified atom stereocenters. The fourth-order valence-corrected chi connectivity index (χ4v) is 4.82. The number of hydrogen-bond donors (Lipinski definition) is 0. The van der Waals surface area contributed by atoms with E-state index in [1.807, 2.05) is 69.9 Å². The number of carbonyl (C=O) groups is 1. The Kier molecular flexibility index (Phi) is 6.07. The minimum atomic E-state index is -0.00221. The Balaban J connectivity index is 1.45. The lowest BCUT2D eigenvalue weighted by atomic mass is 10.1. The van der Waals surface area contributed by atoms with Gasteiger partial charge in [-0.2, -0.15) is 5.10 Å². The van der Waals surface area contributed by atoms with Gasteiger partial charge in [-0.3, -0.25) is 4.79 Å². The molecule has 1 fully saturated rings. The molecule has 1 aliphatic heterocycles. The number of anilines is 1. The Morgan fingerprint density at radius 3 is 2.37 bits per heavy atom. The minimum absolute atomic E-state index is 0.00221. The highest BCUT2D eigenvalue weighted by Gasteiger charge is 2.28. The maximum absolute atomic E-state index is 13.8. The molecule has 7 nitrogen and oxygen atoms in total. The molecule has 0 N–H and O–H groups in total. The van der Waals surface area contributed by atoms with E-state index in [1.54, 1.807) is 7.11 Å². The second-order valence-electron chi connectivity index (χ2n) is 9.07. The smallest absolute Gasteiger partial charge is 0.272 e. The van der Waals surface area contributed by atoms with Gasteiger partial charge in [0.2, 0.25) is 0 Å². The van der Waals surface area contributed by atoms with Gasteiger partial charge in [-0.05, 0) is 55.8 Å². The van der Waals surface area contributed by atoms with Gasteiger partial charge < -0.3 is 19.1 Å². The summed E-state index contributed by atoms with van der Waals surface area (Å²) in [7, 11) is 3.68. The van der Waals surface area contributed by atoms with Gasteiger partial charge in [-0.15, -0.1) is 0 Å². The number of aromatic nitrogens is 3. The van der Waals surface area contributed by atoms with Crippen molar-refractivity contribution in [1.82, 2.24) is 19.2 Å². The average molecular weight is 470 g/mol. The molecule has 0 saturated carbocycles. The van der Waals surface area contributed by atoms with Crippen molar-refractivity contribution in [3.05, 3.63) is 83.7 Å². The molecule has 0 atom stereocenters. The number of amides is 1. The highest BCUT2D eigenvalue weighted by Crippen LogP contribution is 2.29. The average Bonchev–Trinajstić information content (AvgIpc) is 3.50. The molecule has 180 valence electrons. The van der Waals surface area contributed by atoms with Crippen molar-refractivity contribution in [2.45, 2.75) is 13.8 Å². The second kappa shape index (κ2) is 9.33. The highest BCUT2D eigenvalue weighted by atomic mass is 16.5. The largest absolute Gasteiger partial charge is 0.495 e. The topological polar surface area (TPSA) is 55.5 Å². The van der Waals surface area contributed by atoms with Gasteiger partial charge in [0.1, 0.15) is 17.1 Å². The van der Waals surface area contributed by atoms with E-state index >= 15 is 0 Å². The van der Waals surface area contributed by atoms with Crippen LogP contribution in [0.1, 0.15) is 21.6 Å². The molecule has 0 bridgehead atoms. The Morgan fingerprint density at radius 2 is 1.69 bits per heavy atom. The zero-order valence-corrected chi connectivity index (χ0v) is 20.7. The maximum atomic E-state index is 13.8. The third-order valence-electron chi connectivity index (χ3n) is 6.71. The molecule has 0 radical (unpaired) electrons. The number of para-hydroxylation sites is 2. The van der Waals surface area contributed by atoms with Crippen LogP contribution in [0, 0.1) is 13.8 Å². The maximum Gasteiger partial charge on any atom is 0.272 e. The van der Waals surface area contributed by atoms with Crippen LogP contribution in [0.3, 0.4) is 0 Å². The van der Waals surface area contributed by atoms with Crippen LogP contribution >= 0.6 is 0 Å². The molecule has 7 heteroatoms. The zero-order valence-electron chi connectivity index (χ0n) is 20.7. The van der Waals surface area contributed by atoms with E-state index in [0.29, 0.717) is 18.8 Å². The molecule has 5 rings (SSSR count). The predicted octanol–water partition coefficient (Wildman–Crippen LogP) is 4.47. The highest BCUT2D eigenvalue weighted by molar-refractivity contribution is 5.94. The predicted molar refractivity (Wildman–Crippen MR) is 139 cm³/mol. The zero-order chi connectivity index (χ0) is 24.5. The van der Waals surface area contributed by atoms with E-state index in [4.69, 9.17) is 9.84 Å². The van der Waals surface area contributed by atoms with Gasteiger partial charge in [0.05, 0.1) is 24.2 Å². The van der Waals surface area contributed by atoms with Crippen molar-refractivity contribution in [3.63, 3.8) is 0 Å². The molecule has 0 aliphatic carbocycles. The molecule has 1 aliphatic rings. The summed E-state index contributed by atoms with van der Waals surface area (Å²) in [6, 6.07) is 20.2. The van der Waals surface area contributed by atoms with Crippen LogP contribution in [0.25, 0.3) is 17.1 Å². The van der Waals surface area contributed by atoms with E-state index in [-0.39, 0.29) is 5.91 Å². The van der Waals surface area contributed by atoms with Crippen molar-refractivity contribution >= 4 is 11.6 Å². The number of methoxy groups -OCH3 is 1. The SMILES string of the molecule is COc1ccccc1N1CCN(C(=O)c2cc(-c3cccn3C)nn2-c2ccc(C)cc2C)CC1. The summed E-state index contributed by atoms with van der Waals surface area (Å²) in [5, 5.41) is 4.90. The lowest BCUT2D eigenvalue weighted by Crippen LogP contribution is -2.49. The van der Waals surface area contributed by atoms with Gasteiger partial charge >= 0.3 is 0 Å². The van der Waals surface area contributed by atoms with E-state index in [2.05, 4.69) is 36.9 Å². The second-order valence-corrected chi connectivity index (χ2v) is 9.07. The van der Waals surface area contributed by atoms with Crippen LogP contribution in [-0.4, -0.2) is 58.4 Å². The molecule has 3 heterocycles. The monoisotopic (exact) mass is 469 g/mol. The number of rotatable bonds is 5. The number of aryl methyl sites for hydroxylation is 3. The van der Waals surface area contributed by atoms with Crippen molar-refractivity contribution in [1.29, 1.82) is 0 Å². The first-order valence-electron chi connectivity index (χ1n) is 11.9. The van der Waals surface area contributed by atoms with Gasteiger partial charge in [0.25, 0.3) is 5.91 Å². The minimum Gasteiger partial charge on any atom is -0.495 e. The van der Waals surface area contributed by atoms with Crippen molar-refractivity contribution in [2.24, 2.45) is 7.05 Å². The first-order valence-corrected chi connectivity index (χ1v) is 11.9. The molecule has 1 saturated heterocycles. The Morgan fingerprint density at radius 1 is 0.914 bits per heavy atom. The van der Waals surface area contributed by atoms with E-state index < -0.39 is 0 Å². The Labute approximate surface area is 206 Å². The van der Waals surface area contributed by atoms with Crippen LogP contribution in [0.4, 0.5) is 5.69 Å². The first kappa shape index (κ1) is 22.8. The number of ether oxygens (including phenoxy) is 1. The van der Waals surface area contributed by atoms with Crippen LogP contribution in [0.5, 0.6) is 5.75 Å². The normalized spacial score (nSPS) is 13.8. The summed E-state index contributed by atoms with van der Waals surface area (Å²) in [6.07, 6.45) is 1.99. The summed E-state index contributed by atoms with van der Waals surface area (Å²) in [5.41, 5.74) is 6.60. The van der Waals surface area contributed by atoms with Crippen molar-refractivity contribution in [3.8, 4) is 22.8 Å². The summed E-state index contributed by atoms with van der Waals surface area (Å²) >= 11 is 0. The van der Waals surface area contributed by atoms with Crippen molar-refractivity contribution < 1.29 is 9.53 Å². The molecule has 1 amide bonds. The van der Waals surface area contributed by atoms with E-state index in [0.717, 1.165) is 47.2 Å². The fraction of sp³-hybridized carbons (Fsp3) is 0.286. The number of benzene rings is 2. The Bertz CT molecular complexity index is 1360. The van der Waals surface area contributed by atoms with Crippen LogP contribution < -0.4 is 9.64 Å². The summed E-state index contributed by atoms with van der Waals surface area (Å²) in [5.74, 6) is 0.852. The van der Waals surface area contributed by atoms with Crippen LogP contribution in [-0.2, 0) is 7.05 Å². The van der Waals surface area contributed by atoms with E-state index in [1.165, 1.54) is 5.56 Å². The number of piperazine rings is 1. The van der Waals surface area contributed by atoms with Gasteiger partial charge in [-0.25, -0.2) is 4.68 Å². The fourth-order valence-electron chi connectivity index (χ4n) is 4.82. The Hall–Kier alpha value is -4.00. The standard InChI is InChI=1S/C28H31N5O2/c1-20-11-12-23(21(2)18-20)33-26(19-22(29-33)24-9-7-13-30(24)3)28(34)32-16-14-31(15-17-32)25-8-5-6-10-27(25)35-4/h5-13,18-19H,14-17H2,1-4H3. The van der Waals surface area contributed by atoms with Crippen LogP contribution in [0.15, 0.2) is 66.9 Å². The molecule has 35 heavy (non-hydrogen) atoms. The number of carbonyl (C=O) groups excluding carboxylic acids is 1. The van der Waals surface area contributed by atoms with Gasteiger partial charge in [0, 0.05) is 39.4 Å². The summed E-state index contributed by atoms with van der Waals surface area (Å²) < 4.78 is 9.37. The van der Waals surface area contributed by atoms with Gasteiger partial charge in [-0.1, -0.05) is 29.8 Å². The van der Waals surface area contributed by atoms with E-state index in [9.17, 15) is 4.79 Å². The molecule has 4 aromatic rings. The van der Waals surface area contributed by atoms with Gasteiger partial charge in [0.15, 0.2) is 0 Å². The third-order valence-corrected chi connectivity index (χ3v) is 6.71. The molecule has 2 aromatic heterocycles. The summed E-state index contributed by atoms with van der Waals surface area (Å²) in [4.78, 5) is 18.0. The molecule has 2 aromatic carbocycles. The molecular weight excluding hydrogens is 438 g/mol. The molecular formula is C28H31N5O2. The lowest BCUT2D eigenvalue weighted by Gasteiger charge is -2.36. The van der Waals surface area contributed by atoms with Crippen LogP contribution in [0.2, 0.25) is 0 Å². The van der Waals surface area contributed by atoms with Crippen molar-refractivity contribution in [2.75, 3.05) is 38.2 Å². The quantitative estimate of drug-likeness (QED) is 0.433. The third kappa shape index (κ3) is 4.30. The number of nitrogens with zero attached hydrogens (tertiary/aromatic N) is 5. The first-order chi connectivity index (χ1) is 17.0.